The van der Waals surface area contributed by atoms with Crippen LogP contribution in [0.3, 0.4) is 0 Å². The van der Waals surface area contributed by atoms with E-state index in [1.54, 1.807) is 48.5 Å². The summed E-state index contributed by atoms with van der Waals surface area (Å²) in [5.74, 6) is -0.452. The number of hydrogen-bond acceptors (Lipinski definition) is 7. The zero-order chi connectivity index (χ0) is 29.5. The standard InChI is InChI=1S/C30H28BrN3O6S/c1-18(2)20-8-4-6-10-22(20)32-28(36)17-40-24-13-12-19(14-25(24)39-3)15-26-29(37)34(30(38)41-26)16-27(35)33-23-11-7-5-9-21(23)31/h4-15,18H,16-17H2,1-3H3,(H,32,36)(H,33,35)/b26-15-. The van der Waals surface area contributed by atoms with E-state index in [0.717, 1.165) is 27.9 Å². The molecule has 0 saturated carbocycles. The highest BCUT2D eigenvalue weighted by molar-refractivity contribution is 9.10. The number of thioether (sulfide) groups is 1. The van der Waals surface area contributed by atoms with Gasteiger partial charge in [0.1, 0.15) is 6.54 Å². The highest BCUT2D eigenvalue weighted by Gasteiger charge is 2.36. The van der Waals surface area contributed by atoms with Crippen LogP contribution >= 0.6 is 27.7 Å². The van der Waals surface area contributed by atoms with Crippen LogP contribution in [0.4, 0.5) is 16.2 Å². The summed E-state index contributed by atoms with van der Waals surface area (Å²) in [6, 6.07) is 19.6. The van der Waals surface area contributed by atoms with Crippen LogP contribution in [0.25, 0.3) is 6.08 Å². The third-order valence-electron chi connectivity index (χ3n) is 6.02. The van der Waals surface area contributed by atoms with E-state index in [4.69, 9.17) is 9.47 Å². The molecule has 0 spiro atoms. The largest absolute Gasteiger partial charge is 0.493 e. The minimum Gasteiger partial charge on any atom is -0.493 e. The lowest BCUT2D eigenvalue weighted by molar-refractivity contribution is -0.127. The SMILES string of the molecule is COc1cc(/C=C2\SC(=O)N(CC(=O)Nc3ccccc3Br)C2=O)ccc1OCC(=O)Nc1ccccc1C(C)C. The summed E-state index contributed by atoms with van der Waals surface area (Å²) in [7, 11) is 1.46. The van der Waals surface area contributed by atoms with Crippen molar-refractivity contribution in [1.29, 1.82) is 0 Å². The Hall–Kier alpha value is -4.09. The van der Waals surface area contributed by atoms with Gasteiger partial charge in [0.2, 0.25) is 5.91 Å². The van der Waals surface area contributed by atoms with E-state index in [-0.39, 0.29) is 23.3 Å². The summed E-state index contributed by atoms with van der Waals surface area (Å²) in [6.07, 6.45) is 1.54. The zero-order valence-electron chi connectivity index (χ0n) is 22.6. The predicted octanol–water partition coefficient (Wildman–Crippen LogP) is 6.27. The van der Waals surface area contributed by atoms with Gasteiger partial charge in [0, 0.05) is 10.2 Å². The molecule has 2 N–H and O–H groups in total. The zero-order valence-corrected chi connectivity index (χ0v) is 25.0. The number of anilines is 2. The molecule has 1 aliphatic rings. The number of methoxy groups -OCH3 is 1. The Morgan fingerprint density at radius 3 is 2.34 bits per heavy atom. The van der Waals surface area contributed by atoms with E-state index in [2.05, 4.69) is 40.4 Å². The average Bonchev–Trinajstić information content (AvgIpc) is 3.20. The molecule has 4 rings (SSSR count). The van der Waals surface area contributed by atoms with Crippen LogP contribution in [0.2, 0.25) is 0 Å². The minimum absolute atomic E-state index is 0.169. The molecule has 1 fully saturated rings. The number of imide groups is 1. The van der Waals surface area contributed by atoms with Crippen molar-refractivity contribution in [3.63, 3.8) is 0 Å². The van der Waals surface area contributed by atoms with Crippen molar-refractivity contribution in [1.82, 2.24) is 4.90 Å². The van der Waals surface area contributed by atoms with Crippen molar-refractivity contribution in [3.05, 3.63) is 87.2 Å². The number of carbonyl (C=O) groups excluding carboxylic acids is 4. The molecule has 0 aliphatic carbocycles. The summed E-state index contributed by atoms with van der Waals surface area (Å²) >= 11 is 4.10. The van der Waals surface area contributed by atoms with Crippen molar-refractivity contribution in [3.8, 4) is 11.5 Å². The summed E-state index contributed by atoms with van der Waals surface area (Å²) in [5.41, 5.74) is 2.87. The Morgan fingerprint density at radius 2 is 1.63 bits per heavy atom. The predicted molar refractivity (Wildman–Crippen MR) is 163 cm³/mol. The number of amides is 4. The monoisotopic (exact) mass is 637 g/mol. The maximum absolute atomic E-state index is 12.9. The number of carbonyl (C=O) groups is 4. The molecule has 0 aromatic heterocycles. The van der Waals surface area contributed by atoms with Crippen LogP contribution in [-0.4, -0.2) is 48.1 Å². The Morgan fingerprint density at radius 1 is 0.951 bits per heavy atom. The van der Waals surface area contributed by atoms with Crippen LogP contribution < -0.4 is 20.1 Å². The lowest BCUT2D eigenvalue weighted by atomic mass is 10.0. The van der Waals surface area contributed by atoms with Crippen molar-refractivity contribution in [2.75, 3.05) is 30.9 Å². The second-order valence-corrected chi connectivity index (χ2v) is 11.1. The van der Waals surface area contributed by atoms with Gasteiger partial charge in [-0.05, 0) is 81.1 Å². The van der Waals surface area contributed by atoms with E-state index >= 15 is 0 Å². The Balaban J connectivity index is 1.39. The first-order chi connectivity index (χ1) is 19.7. The third-order valence-corrected chi connectivity index (χ3v) is 7.62. The van der Waals surface area contributed by atoms with Gasteiger partial charge in [-0.15, -0.1) is 0 Å². The van der Waals surface area contributed by atoms with Gasteiger partial charge in [0.15, 0.2) is 18.1 Å². The fourth-order valence-corrected chi connectivity index (χ4v) is 5.24. The van der Waals surface area contributed by atoms with E-state index < -0.39 is 23.6 Å². The fourth-order valence-electron chi connectivity index (χ4n) is 4.02. The van der Waals surface area contributed by atoms with E-state index in [9.17, 15) is 19.2 Å². The Kier molecular flexibility index (Phi) is 9.85. The molecule has 1 aliphatic heterocycles. The fraction of sp³-hybridized carbons (Fsp3) is 0.200. The second-order valence-electron chi connectivity index (χ2n) is 9.28. The summed E-state index contributed by atoms with van der Waals surface area (Å²) in [6.45, 7) is 3.46. The first-order valence-electron chi connectivity index (χ1n) is 12.7. The Bertz CT molecular complexity index is 1520. The quantitative estimate of drug-likeness (QED) is 0.252. The van der Waals surface area contributed by atoms with Crippen molar-refractivity contribution >= 4 is 68.1 Å². The molecule has 1 heterocycles. The summed E-state index contributed by atoms with van der Waals surface area (Å²) in [4.78, 5) is 51.5. The number of halogens is 1. The number of benzene rings is 3. The van der Waals surface area contributed by atoms with Gasteiger partial charge >= 0.3 is 0 Å². The van der Waals surface area contributed by atoms with Gasteiger partial charge in [0.25, 0.3) is 17.1 Å². The first-order valence-corrected chi connectivity index (χ1v) is 14.3. The van der Waals surface area contributed by atoms with E-state index in [1.807, 2.05) is 24.3 Å². The molecule has 3 aromatic rings. The Labute approximate surface area is 250 Å². The molecular formula is C30H28BrN3O6S. The van der Waals surface area contributed by atoms with Crippen LogP contribution in [0, 0.1) is 0 Å². The minimum atomic E-state index is -0.570. The van der Waals surface area contributed by atoms with Crippen LogP contribution in [0.1, 0.15) is 30.9 Å². The third kappa shape index (κ3) is 7.56. The molecule has 11 heteroatoms. The highest BCUT2D eigenvalue weighted by atomic mass is 79.9. The second kappa shape index (κ2) is 13.5. The first kappa shape index (κ1) is 29.9. The van der Waals surface area contributed by atoms with E-state index in [0.29, 0.717) is 27.2 Å². The number of para-hydroxylation sites is 2. The van der Waals surface area contributed by atoms with Gasteiger partial charge in [-0.2, -0.15) is 0 Å². The molecule has 0 radical (unpaired) electrons. The maximum atomic E-state index is 12.9. The molecule has 0 bridgehead atoms. The topological polar surface area (TPSA) is 114 Å². The van der Waals surface area contributed by atoms with Gasteiger partial charge in [-0.3, -0.25) is 24.1 Å². The number of ether oxygens (including phenoxy) is 2. The number of nitrogens with one attached hydrogen (secondary N) is 2. The lowest BCUT2D eigenvalue weighted by Crippen LogP contribution is -2.36. The number of rotatable bonds is 10. The lowest BCUT2D eigenvalue weighted by Gasteiger charge is -2.15. The van der Waals surface area contributed by atoms with Crippen LogP contribution in [0.5, 0.6) is 11.5 Å². The molecule has 212 valence electrons. The van der Waals surface area contributed by atoms with Crippen molar-refractivity contribution in [2.45, 2.75) is 19.8 Å². The van der Waals surface area contributed by atoms with E-state index in [1.165, 1.54) is 7.11 Å². The number of nitrogens with zero attached hydrogens (tertiary/aromatic N) is 1. The molecule has 41 heavy (non-hydrogen) atoms. The summed E-state index contributed by atoms with van der Waals surface area (Å²) < 4.78 is 11.8. The van der Waals surface area contributed by atoms with Gasteiger partial charge < -0.3 is 20.1 Å². The molecule has 0 atom stereocenters. The molecule has 1 saturated heterocycles. The number of hydrogen-bond donors (Lipinski definition) is 2. The normalized spacial score (nSPS) is 14.0. The smallest absolute Gasteiger partial charge is 0.294 e. The molecule has 4 amide bonds. The van der Waals surface area contributed by atoms with Gasteiger partial charge in [-0.25, -0.2) is 0 Å². The molecule has 3 aromatic carbocycles. The molecule has 0 unspecified atom stereocenters. The van der Waals surface area contributed by atoms with Crippen LogP contribution in [-0.2, 0) is 14.4 Å². The van der Waals surface area contributed by atoms with Gasteiger partial charge in [-0.1, -0.05) is 50.2 Å². The van der Waals surface area contributed by atoms with Crippen molar-refractivity contribution < 1.29 is 28.7 Å². The maximum Gasteiger partial charge on any atom is 0.294 e. The molecule has 9 nitrogen and oxygen atoms in total. The van der Waals surface area contributed by atoms with Crippen LogP contribution in [0.15, 0.2) is 76.1 Å². The average molecular weight is 639 g/mol. The molecular weight excluding hydrogens is 610 g/mol. The van der Waals surface area contributed by atoms with Crippen molar-refractivity contribution in [2.24, 2.45) is 0 Å². The summed E-state index contributed by atoms with van der Waals surface area (Å²) in [5, 5.41) is 5.02. The highest BCUT2D eigenvalue weighted by Crippen LogP contribution is 2.35. The van der Waals surface area contributed by atoms with Gasteiger partial charge in [0.05, 0.1) is 17.7 Å².